The lowest BCUT2D eigenvalue weighted by molar-refractivity contribution is 0.600. The fourth-order valence-electron chi connectivity index (χ4n) is 1.78. The number of nitrogens with zero attached hydrogens (tertiary/aromatic N) is 1. The van der Waals surface area contributed by atoms with Gasteiger partial charge in [-0.15, -0.1) is 0 Å². The molecule has 0 atom stereocenters. The molecule has 0 saturated carbocycles. The van der Waals surface area contributed by atoms with E-state index in [0.717, 1.165) is 5.56 Å². The second-order valence-corrected chi connectivity index (χ2v) is 6.47. The molecule has 7 heteroatoms. The number of nitrogens with two attached hydrogens (primary N) is 1. The van der Waals surface area contributed by atoms with Crippen molar-refractivity contribution < 1.29 is 8.42 Å². The number of benzene rings is 1. The Morgan fingerprint density at radius 1 is 1.25 bits per heavy atom. The van der Waals surface area contributed by atoms with Gasteiger partial charge in [-0.2, -0.15) is 0 Å². The highest BCUT2D eigenvalue weighted by molar-refractivity contribution is 7.92. The highest BCUT2D eigenvalue weighted by Gasteiger charge is 2.18. The molecule has 0 radical (unpaired) electrons. The van der Waals surface area contributed by atoms with Gasteiger partial charge in [0.2, 0.25) is 0 Å². The van der Waals surface area contributed by atoms with Crippen molar-refractivity contribution in [3.8, 4) is 0 Å². The summed E-state index contributed by atoms with van der Waals surface area (Å²) in [6, 6.07) is 6.23. The number of hydrogen-bond acceptors (Lipinski definition) is 4. The first-order valence-corrected chi connectivity index (χ1v) is 7.67. The summed E-state index contributed by atoms with van der Waals surface area (Å²) in [6.45, 7) is 3.55. The average Bonchev–Trinajstić information content (AvgIpc) is 2.36. The minimum Gasteiger partial charge on any atom is -0.399 e. The molecule has 0 bridgehead atoms. The molecule has 1 heterocycles. The Hall–Kier alpha value is -1.79. The summed E-state index contributed by atoms with van der Waals surface area (Å²) in [4.78, 5) is 3.99. The van der Waals surface area contributed by atoms with E-state index in [1.54, 1.807) is 19.1 Å². The Morgan fingerprint density at radius 3 is 2.55 bits per heavy atom. The molecule has 106 valence electrons. The molecule has 0 spiro atoms. The second-order valence-electron chi connectivity index (χ2n) is 4.44. The van der Waals surface area contributed by atoms with Gasteiger partial charge in [-0.05, 0) is 49.2 Å². The molecule has 0 fully saturated rings. The fourth-order valence-corrected chi connectivity index (χ4v) is 3.29. The summed E-state index contributed by atoms with van der Waals surface area (Å²) in [6.07, 6.45) is 1.36. The van der Waals surface area contributed by atoms with E-state index < -0.39 is 10.0 Å². The van der Waals surface area contributed by atoms with Crippen LogP contribution >= 0.6 is 11.6 Å². The lowest BCUT2D eigenvalue weighted by Crippen LogP contribution is -2.15. The van der Waals surface area contributed by atoms with Crippen molar-refractivity contribution in [2.24, 2.45) is 0 Å². The lowest BCUT2D eigenvalue weighted by Gasteiger charge is -2.12. The van der Waals surface area contributed by atoms with Crippen LogP contribution in [0.4, 0.5) is 11.4 Å². The Kier molecular flexibility index (Phi) is 3.87. The molecular formula is C13H14ClN3O2S. The highest BCUT2D eigenvalue weighted by atomic mass is 35.5. The van der Waals surface area contributed by atoms with Crippen LogP contribution in [0.5, 0.6) is 0 Å². The van der Waals surface area contributed by atoms with Crippen LogP contribution < -0.4 is 10.5 Å². The van der Waals surface area contributed by atoms with Gasteiger partial charge in [0, 0.05) is 5.69 Å². The molecule has 2 aromatic rings. The van der Waals surface area contributed by atoms with Gasteiger partial charge in [-0.1, -0.05) is 11.6 Å². The third kappa shape index (κ3) is 3.02. The quantitative estimate of drug-likeness (QED) is 0.674. The van der Waals surface area contributed by atoms with E-state index in [1.165, 1.54) is 18.3 Å². The van der Waals surface area contributed by atoms with E-state index in [4.69, 9.17) is 17.3 Å². The van der Waals surface area contributed by atoms with Gasteiger partial charge < -0.3 is 5.73 Å². The summed E-state index contributed by atoms with van der Waals surface area (Å²) in [5.74, 6) is 0. The van der Waals surface area contributed by atoms with Crippen LogP contribution in [0.15, 0.2) is 35.4 Å². The van der Waals surface area contributed by atoms with Crippen LogP contribution in [0.1, 0.15) is 11.1 Å². The second kappa shape index (κ2) is 5.30. The number of anilines is 2. The van der Waals surface area contributed by atoms with E-state index in [9.17, 15) is 8.42 Å². The van der Waals surface area contributed by atoms with Gasteiger partial charge in [-0.3, -0.25) is 4.72 Å². The minimum absolute atomic E-state index is 0.157. The molecule has 0 aliphatic heterocycles. The van der Waals surface area contributed by atoms with Crippen molar-refractivity contribution >= 4 is 33.0 Å². The molecular weight excluding hydrogens is 298 g/mol. The van der Waals surface area contributed by atoms with Crippen molar-refractivity contribution in [3.63, 3.8) is 0 Å². The molecule has 0 unspecified atom stereocenters. The van der Waals surface area contributed by atoms with E-state index in [1.807, 2.05) is 6.92 Å². The third-order valence-corrected chi connectivity index (χ3v) is 4.64. The number of nitrogens with one attached hydrogen (secondary N) is 1. The number of pyridine rings is 1. The number of halogens is 1. The van der Waals surface area contributed by atoms with E-state index in [-0.39, 0.29) is 4.90 Å². The molecule has 5 nitrogen and oxygen atoms in total. The number of hydrogen-bond donors (Lipinski definition) is 2. The van der Waals surface area contributed by atoms with Gasteiger partial charge in [0.15, 0.2) is 0 Å². The van der Waals surface area contributed by atoms with Gasteiger partial charge >= 0.3 is 0 Å². The van der Waals surface area contributed by atoms with E-state index in [0.29, 0.717) is 22.1 Å². The van der Waals surface area contributed by atoms with Crippen molar-refractivity contribution in [1.29, 1.82) is 0 Å². The lowest BCUT2D eigenvalue weighted by atomic mass is 10.1. The zero-order chi connectivity index (χ0) is 14.9. The first-order valence-electron chi connectivity index (χ1n) is 5.81. The predicted octanol–water partition coefficient (Wildman–Crippen LogP) is 2.73. The van der Waals surface area contributed by atoms with Crippen molar-refractivity contribution in [1.82, 2.24) is 4.98 Å². The van der Waals surface area contributed by atoms with Crippen LogP contribution in [-0.2, 0) is 10.0 Å². The molecule has 20 heavy (non-hydrogen) atoms. The summed E-state index contributed by atoms with van der Waals surface area (Å²) in [5, 5.41) is 0.295. The van der Waals surface area contributed by atoms with Crippen LogP contribution in [0.3, 0.4) is 0 Å². The smallest absolute Gasteiger partial charge is 0.262 e. The first-order chi connectivity index (χ1) is 9.29. The highest BCUT2D eigenvalue weighted by Crippen LogP contribution is 2.24. The van der Waals surface area contributed by atoms with Crippen molar-refractivity contribution in [2.45, 2.75) is 18.7 Å². The summed E-state index contributed by atoms with van der Waals surface area (Å²) in [5.41, 5.74) is 7.94. The first kappa shape index (κ1) is 14.6. The number of nitrogen functional groups attached to an aromatic ring is 1. The number of aryl methyl sites for hydroxylation is 1. The molecule has 1 aromatic carbocycles. The zero-order valence-electron chi connectivity index (χ0n) is 11.0. The minimum atomic E-state index is -3.71. The largest absolute Gasteiger partial charge is 0.399 e. The standard InChI is InChI=1S/C13H14ClN3O2S/c1-8-5-10(15)6-12(9(8)2)20(18,19)17-11-3-4-13(14)16-7-11/h3-7,17H,15H2,1-2H3. The van der Waals surface area contributed by atoms with E-state index >= 15 is 0 Å². The molecule has 0 amide bonds. The van der Waals surface area contributed by atoms with Gasteiger partial charge in [0.1, 0.15) is 5.15 Å². The summed E-state index contributed by atoms with van der Waals surface area (Å²) in [7, 11) is -3.71. The number of sulfonamides is 1. The van der Waals surface area contributed by atoms with Crippen LogP contribution in [-0.4, -0.2) is 13.4 Å². The topological polar surface area (TPSA) is 85.1 Å². The molecule has 0 aliphatic rings. The Balaban J connectivity index is 2.43. The van der Waals surface area contributed by atoms with Crippen LogP contribution in [0, 0.1) is 13.8 Å². The Labute approximate surface area is 122 Å². The van der Waals surface area contributed by atoms with Gasteiger partial charge in [-0.25, -0.2) is 13.4 Å². The summed E-state index contributed by atoms with van der Waals surface area (Å²) >= 11 is 5.66. The monoisotopic (exact) mass is 311 g/mol. The maximum Gasteiger partial charge on any atom is 0.262 e. The van der Waals surface area contributed by atoms with Crippen molar-refractivity contribution in [3.05, 3.63) is 46.7 Å². The third-order valence-electron chi connectivity index (χ3n) is 2.91. The fraction of sp³-hybridized carbons (Fsp3) is 0.154. The van der Waals surface area contributed by atoms with Gasteiger partial charge in [0.25, 0.3) is 10.0 Å². The molecule has 0 aliphatic carbocycles. The van der Waals surface area contributed by atoms with Crippen LogP contribution in [0.25, 0.3) is 0 Å². The van der Waals surface area contributed by atoms with E-state index in [2.05, 4.69) is 9.71 Å². The van der Waals surface area contributed by atoms with Crippen LogP contribution in [0.2, 0.25) is 5.15 Å². The maximum absolute atomic E-state index is 12.4. The predicted molar refractivity (Wildman–Crippen MR) is 80.4 cm³/mol. The molecule has 1 aromatic heterocycles. The molecule has 3 N–H and O–H groups in total. The average molecular weight is 312 g/mol. The van der Waals surface area contributed by atoms with Gasteiger partial charge in [0.05, 0.1) is 16.8 Å². The Morgan fingerprint density at radius 2 is 1.95 bits per heavy atom. The molecule has 0 saturated heterocycles. The Bertz CT molecular complexity index is 743. The number of rotatable bonds is 3. The van der Waals surface area contributed by atoms with Crippen molar-refractivity contribution in [2.75, 3.05) is 10.5 Å². The SMILES string of the molecule is Cc1cc(N)cc(S(=O)(=O)Nc2ccc(Cl)nc2)c1C. The molecule has 2 rings (SSSR count). The normalized spacial score (nSPS) is 11.3. The zero-order valence-corrected chi connectivity index (χ0v) is 12.6. The number of aromatic nitrogens is 1. The summed E-state index contributed by atoms with van der Waals surface area (Å²) < 4.78 is 27.2. The maximum atomic E-state index is 12.4.